The molecule has 0 aliphatic carbocycles. The lowest BCUT2D eigenvalue weighted by Gasteiger charge is -2.27. The largest absolute Gasteiger partial charge is 0.469 e. The Balaban J connectivity index is 1.68. The van der Waals surface area contributed by atoms with E-state index in [2.05, 4.69) is 15.4 Å². The van der Waals surface area contributed by atoms with Crippen LogP contribution in [0.2, 0.25) is 4.34 Å². The Hall–Kier alpha value is -2.95. The van der Waals surface area contributed by atoms with Crippen LogP contribution in [0.3, 0.4) is 0 Å². The quantitative estimate of drug-likeness (QED) is 0.605. The number of rotatable bonds is 7. The van der Waals surface area contributed by atoms with Crippen LogP contribution in [-0.4, -0.2) is 56.6 Å². The number of ether oxygens (including phenoxy) is 2. The number of halogens is 1. The Kier molecular flexibility index (Phi) is 7.61. The van der Waals surface area contributed by atoms with Crippen molar-refractivity contribution in [3.63, 3.8) is 0 Å². The molecule has 9 nitrogen and oxygen atoms in total. The molecule has 0 unspecified atom stereocenters. The Bertz CT molecular complexity index is 978. The number of amides is 3. The minimum atomic E-state index is -1.15. The number of benzene rings is 1. The van der Waals surface area contributed by atoms with E-state index in [4.69, 9.17) is 16.3 Å². The highest BCUT2D eigenvalue weighted by Gasteiger charge is 2.26. The number of esters is 1. The van der Waals surface area contributed by atoms with Gasteiger partial charge in [-0.15, -0.1) is 11.3 Å². The maximum atomic E-state index is 12.7. The van der Waals surface area contributed by atoms with Crippen molar-refractivity contribution in [2.75, 3.05) is 37.1 Å². The summed E-state index contributed by atoms with van der Waals surface area (Å²) < 4.78 is 10.2. The van der Waals surface area contributed by atoms with E-state index in [-0.39, 0.29) is 18.9 Å². The number of nitrogens with zero attached hydrogens (tertiary/aromatic N) is 1. The molecule has 0 bridgehead atoms. The minimum absolute atomic E-state index is 0.0306. The summed E-state index contributed by atoms with van der Waals surface area (Å²) in [6.07, 6.45) is -0.340. The van der Waals surface area contributed by atoms with Crippen LogP contribution in [0.25, 0.3) is 0 Å². The van der Waals surface area contributed by atoms with Crippen molar-refractivity contribution in [3.05, 3.63) is 45.6 Å². The average molecular weight is 466 g/mol. The van der Waals surface area contributed by atoms with Gasteiger partial charge in [-0.25, -0.2) is 0 Å². The van der Waals surface area contributed by atoms with Crippen LogP contribution < -0.4 is 15.5 Å². The molecule has 1 fully saturated rings. The van der Waals surface area contributed by atoms with E-state index in [1.165, 1.54) is 13.2 Å². The minimum Gasteiger partial charge on any atom is -0.469 e. The van der Waals surface area contributed by atoms with Crippen LogP contribution in [0.15, 0.2) is 36.4 Å². The fourth-order valence-corrected chi connectivity index (χ4v) is 3.82. The molecule has 1 aliphatic rings. The van der Waals surface area contributed by atoms with Crippen molar-refractivity contribution < 1.29 is 28.7 Å². The molecule has 164 valence electrons. The Labute approximate surface area is 187 Å². The first-order valence-corrected chi connectivity index (χ1v) is 10.5. The third kappa shape index (κ3) is 6.03. The molecule has 2 N–H and O–H groups in total. The average Bonchev–Trinajstić information content (AvgIpc) is 3.20. The zero-order chi connectivity index (χ0) is 22.4. The van der Waals surface area contributed by atoms with Gasteiger partial charge in [0.2, 0.25) is 5.91 Å². The van der Waals surface area contributed by atoms with Crippen LogP contribution in [0.4, 0.5) is 11.4 Å². The first-order valence-electron chi connectivity index (χ1n) is 9.29. The fraction of sp³-hybridized carbons (Fsp3) is 0.300. The molecule has 1 atom stereocenters. The van der Waals surface area contributed by atoms with Gasteiger partial charge in [-0.3, -0.25) is 19.2 Å². The van der Waals surface area contributed by atoms with Crippen molar-refractivity contribution in [2.45, 2.75) is 12.5 Å². The lowest BCUT2D eigenvalue weighted by Crippen LogP contribution is -2.45. The Morgan fingerprint density at radius 1 is 1.23 bits per heavy atom. The predicted molar refractivity (Wildman–Crippen MR) is 115 cm³/mol. The normalized spacial score (nSPS) is 14.6. The number of methoxy groups -OCH3 is 1. The summed E-state index contributed by atoms with van der Waals surface area (Å²) in [5.41, 5.74) is 1.12. The molecule has 1 aromatic heterocycles. The lowest BCUT2D eigenvalue weighted by molar-refractivity contribution is -0.142. The number of anilines is 2. The second kappa shape index (κ2) is 10.4. The molecule has 11 heteroatoms. The van der Waals surface area contributed by atoms with Crippen LogP contribution in [0.5, 0.6) is 0 Å². The summed E-state index contributed by atoms with van der Waals surface area (Å²) in [5, 5.41) is 5.20. The molecule has 31 heavy (non-hydrogen) atoms. The number of nitrogens with one attached hydrogen (secondary N) is 2. The molecular weight excluding hydrogens is 446 g/mol. The van der Waals surface area contributed by atoms with Crippen LogP contribution in [-0.2, 0) is 23.9 Å². The number of hydrogen-bond acceptors (Lipinski definition) is 7. The molecule has 2 heterocycles. The summed E-state index contributed by atoms with van der Waals surface area (Å²) >= 11 is 6.91. The Morgan fingerprint density at radius 2 is 1.97 bits per heavy atom. The smallest absolute Gasteiger partial charge is 0.308 e. The number of hydrogen-bond donors (Lipinski definition) is 2. The number of thiophene rings is 1. The van der Waals surface area contributed by atoms with Gasteiger partial charge in [0.05, 0.1) is 29.4 Å². The van der Waals surface area contributed by atoms with Gasteiger partial charge in [-0.1, -0.05) is 11.6 Å². The summed E-state index contributed by atoms with van der Waals surface area (Å²) in [7, 11) is 1.20. The maximum absolute atomic E-state index is 12.7. The van der Waals surface area contributed by atoms with Crippen LogP contribution in [0.1, 0.15) is 16.1 Å². The highest BCUT2D eigenvalue weighted by atomic mass is 35.5. The lowest BCUT2D eigenvalue weighted by atomic mass is 10.1. The van der Waals surface area contributed by atoms with Gasteiger partial charge in [0.1, 0.15) is 12.6 Å². The van der Waals surface area contributed by atoms with Gasteiger partial charge in [0.15, 0.2) is 0 Å². The fourth-order valence-electron chi connectivity index (χ4n) is 2.87. The molecule has 0 radical (unpaired) electrons. The SMILES string of the molecule is COC(=O)C[C@H](NC(=O)c1ccc(Cl)s1)C(=O)Nc1ccc(N2CCOCC2=O)cc1. The highest BCUT2D eigenvalue weighted by Crippen LogP contribution is 2.22. The zero-order valence-corrected chi connectivity index (χ0v) is 18.1. The van der Waals surface area contributed by atoms with Gasteiger partial charge in [-0.05, 0) is 36.4 Å². The second-order valence-corrected chi connectivity index (χ2v) is 8.26. The van der Waals surface area contributed by atoms with Crippen molar-refractivity contribution in [3.8, 4) is 0 Å². The van der Waals surface area contributed by atoms with Gasteiger partial charge in [0.25, 0.3) is 11.8 Å². The van der Waals surface area contributed by atoms with Crippen molar-refractivity contribution in [1.29, 1.82) is 0 Å². The molecule has 1 saturated heterocycles. The Morgan fingerprint density at radius 3 is 2.58 bits per heavy atom. The molecular formula is C20H20ClN3O6S. The first kappa shape index (κ1) is 22.7. The van der Waals surface area contributed by atoms with E-state index in [0.717, 1.165) is 11.3 Å². The van der Waals surface area contributed by atoms with E-state index in [1.807, 2.05) is 0 Å². The van der Waals surface area contributed by atoms with Crippen molar-refractivity contribution in [1.82, 2.24) is 5.32 Å². The summed E-state index contributed by atoms with van der Waals surface area (Å²) in [6.45, 7) is 0.932. The summed E-state index contributed by atoms with van der Waals surface area (Å²) in [4.78, 5) is 50.7. The van der Waals surface area contributed by atoms with E-state index in [0.29, 0.717) is 33.7 Å². The molecule has 3 amide bonds. The molecule has 3 rings (SSSR count). The van der Waals surface area contributed by atoms with E-state index < -0.39 is 23.8 Å². The van der Waals surface area contributed by atoms with E-state index in [1.54, 1.807) is 35.2 Å². The zero-order valence-electron chi connectivity index (χ0n) is 16.6. The highest BCUT2D eigenvalue weighted by molar-refractivity contribution is 7.18. The molecule has 1 aliphatic heterocycles. The number of morpholine rings is 1. The molecule has 0 saturated carbocycles. The van der Waals surface area contributed by atoms with E-state index >= 15 is 0 Å². The van der Waals surface area contributed by atoms with Crippen LogP contribution in [0, 0.1) is 0 Å². The topological polar surface area (TPSA) is 114 Å². The maximum Gasteiger partial charge on any atom is 0.308 e. The van der Waals surface area contributed by atoms with Crippen LogP contribution >= 0.6 is 22.9 Å². The molecule has 1 aromatic carbocycles. The van der Waals surface area contributed by atoms with E-state index in [9.17, 15) is 19.2 Å². The van der Waals surface area contributed by atoms with Gasteiger partial charge in [0, 0.05) is 17.9 Å². The summed E-state index contributed by atoms with van der Waals surface area (Å²) in [6, 6.07) is 8.60. The standard InChI is InChI=1S/C20H20ClN3O6S/c1-29-18(26)10-14(23-20(28)15-6-7-16(21)31-15)19(27)22-12-2-4-13(5-3-12)24-8-9-30-11-17(24)25/h2-7,14H,8-11H2,1H3,(H,22,27)(H,23,28)/t14-/m0/s1. The third-order valence-electron chi connectivity index (χ3n) is 4.45. The van der Waals surface area contributed by atoms with Crippen molar-refractivity contribution in [2.24, 2.45) is 0 Å². The molecule has 0 spiro atoms. The third-order valence-corrected chi connectivity index (χ3v) is 5.68. The predicted octanol–water partition coefficient (Wildman–Crippen LogP) is 2.06. The van der Waals surface area contributed by atoms with Gasteiger partial charge < -0.3 is 25.0 Å². The monoisotopic (exact) mass is 465 g/mol. The van der Waals surface area contributed by atoms with Gasteiger partial charge in [-0.2, -0.15) is 0 Å². The van der Waals surface area contributed by atoms with Crippen molar-refractivity contribution >= 4 is 58.0 Å². The number of carbonyl (C=O) groups excluding carboxylic acids is 4. The number of carbonyl (C=O) groups is 4. The first-order chi connectivity index (χ1) is 14.9. The summed E-state index contributed by atoms with van der Waals surface area (Å²) in [5.74, 6) is -1.90. The second-order valence-electron chi connectivity index (χ2n) is 6.54. The van der Waals surface area contributed by atoms with Gasteiger partial charge >= 0.3 is 5.97 Å². The molecule has 2 aromatic rings.